The van der Waals surface area contributed by atoms with Crippen LogP contribution in [0, 0.1) is 0 Å². The molecular weight excluding hydrogens is 422 g/mol. The van der Waals surface area contributed by atoms with E-state index >= 15 is 0 Å². The molecule has 29 heavy (non-hydrogen) atoms. The zero-order chi connectivity index (χ0) is 21.9. The van der Waals surface area contributed by atoms with Gasteiger partial charge in [-0.05, 0) is 39.3 Å². The fourth-order valence-electron chi connectivity index (χ4n) is 2.39. The molecule has 0 aliphatic carbocycles. The summed E-state index contributed by atoms with van der Waals surface area (Å²) in [6.07, 6.45) is -0.877. The number of phenols is 1. The van der Waals surface area contributed by atoms with Gasteiger partial charge in [0.25, 0.3) is 0 Å². The number of hydrogen-bond donors (Lipinski definition) is 1. The van der Waals surface area contributed by atoms with Gasteiger partial charge >= 0.3 is 15.4 Å². The lowest BCUT2D eigenvalue weighted by Crippen LogP contribution is -2.21. The first-order valence-corrected chi connectivity index (χ1v) is 12.9. The Hall–Kier alpha value is -1.05. The lowest BCUT2D eigenvalue weighted by Gasteiger charge is -2.24. The number of para-hydroxylation sites is 1. The maximum Gasteiger partial charge on any atom is 0.475 e. The molecule has 0 saturated heterocycles. The van der Waals surface area contributed by atoms with Gasteiger partial charge in [0.15, 0.2) is 5.78 Å². The van der Waals surface area contributed by atoms with E-state index in [2.05, 4.69) is 0 Å². The summed E-state index contributed by atoms with van der Waals surface area (Å²) < 4.78 is 51.0. The van der Waals surface area contributed by atoms with Crippen molar-refractivity contribution >= 4 is 21.2 Å². The van der Waals surface area contributed by atoms with Crippen LogP contribution < -0.4 is 0 Å². The van der Waals surface area contributed by atoms with E-state index in [0.29, 0.717) is 0 Å². The molecule has 0 spiro atoms. The van der Waals surface area contributed by atoms with E-state index in [-0.39, 0.29) is 56.4 Å². The average molecular weight is 452 g/mol. The maximum atomic E-state index is 12.7. The van der Waals surface area contributed by atoms with Crippen molar-refractivity contribution in [1.82, 2.24) is 0 Å². The molecule has 0 fully saturated rings. The highest BCUT2D eigenvalue weighted by molar-refractivity contribution is 7.53. The SMILES string of the molecule is CCOP(C)(=O)OCC(CCC(=O)c1ccccc1O)OP(=O)(OCC)OCC. The molecule has 1 N–H and O–H groups in total. The predicted octanol–water partition coefficient (Wildman–Crippen LogP) is 4.80. The first kappa shape index (κ1) is 26.0. The Balaban J connectivity index is 2.88. The third kappa shape index (κ3) is 9.53. The largest absolute Gasteiger partial charge is 0.507 e. The molecule has 0 aliphatic rings. The molecule has 166 valence electrons. The number of rotatable bonds is 15. The molecule has 1 aromatic carbocycles. The fraction of sp³-hybridized carbons (Fsp3) is 0.611. The van der Waals surface area contributed by atoms with Gasteiger partial charge in [0.2, 0.25) is 0 Å². The van der Waals surface area contributed by atoms with Gasteiger partial charge in [-0.1, -0.05) is 12.1 Å². The van der Waals surface area contributed by atoms with Gasteiger partial charge in [-0.2, -0.15) is 0 Å². The number of aromatic hydroxyl groups is 1. The first-order chi connectivity index (χ1) is 13.7. The van der Waals surface area contributed by atoms with Crippen LogP contribution in [-0.2, 0) is 31.7 Å². The van der Waals surface area contributed by atoms with E-state index in [9.17, 15) is 19.0 Å². The van der Waals surface area contributed by atoms with Gasteiger partial charge in [0.1, 0.15) is 5.75 Å². The maximum absolute atomic E-state index is 12.7. The van der Waals surface area contributed by atoms with E-state index in [1.54, 1.807) is 32.9 Å². The van der Waals surface area contributed by atoms with Gasteiger partial charge in [0, 0.05) is 13.1 Å². The van der Waals surface area contributed by atoms with Crippen molar-refractivity contribution in [2.45, 2.75) is 39.7 Å². The van der Waals surface area contributed by atoms with Crippen LogP contribution in [0.1, 0.15) is 44.0 Å². The third-order valence-corrected chi connectivity index (χ3v) is 6.66. The summed E-state index contributed by atoms with van der Waals surface area (Å²) >= 11 is 0. The van der Waals surface area contributed by atoms with Crippen molar-refractivity contribution in [2.75, 3.05) is 33.1 Å². The van der Waals surface area contributed by atoms with Crippen molar-refractivity contribution in [3.8, 4) is 5.75 Å². The molecule has 1 rings (SSSR count). The molecule has 1 aromatic rings. The van der Waals surface area contributed by atoms with Crippen LogP contribution in [0.3, 0.4) is 0 Å². The number of benzene rings is 1. The Kier molecular flexibility index (Phi) is 11.3. The first-order valence-electron chi connectivity index (χ1n) is 9.41. The van der Waals surface area contributed by atoms with E-state index in [1.165, 1.54) is 18.8 Å². The van der Waals surface area contributed by atoms with Crippen LogP contribution in [0.2, 0.25) is 0 Å². The number of phosphoric acid groups is 1. The van der Waals surface area contributed by atoms with Crippen LogP contribution in [-0.4, -0.2) is 50.1 Å². The molecule has 0 aromatic heterocycles. The molecule has 0 heterocycles. The highest BCUT2D eigenvalue weighted by atomic mass is 31.2. The molecule has 0 bridgehead atoms. The topological polar surface area (TPSA) is 118 Å². The summed E-state index contributed by atoms with van der Waals surface area (Å²) in [6, 6.07) is 6.17. The van der Waals surface area contributed by atoms with E-state index < -0.39 is 21.5 Å². The quantitative estimate of drug-likeness (QED) is 0.296. The summed E-state index contributed by atoms with van der Waals surface area (Å²) in [7, 11) is -7.22. The second-order valence-corrected chi connectivity index (χ2v) is 9.65. The van der Waals surface area contributed by atoms with Crippen molar-refractivity contribution in [3.63, 3.8) is 0 Å². The van der Waals surface area contributed by atoms with Crippen molar-refractivity contribution in [1.29, 1.82) is 0 Å². The lowest BCUT2D eigenvalue weighted by atomic mass is 10.0. The van der Waals surface area contributed by atoms with Crippen LogP contribution in [0.4, 0.5) is 0 Å². The van der Waals surface area contributed by atoms with Gasteiger partial charge in [-0.15, -0.1) is 0 Å². The normalized spacial score (nSPS) is 15.0. The molecule has 2 unspecified atom stereocenters. The summed E-state index contributed by atoms with van der Waals surface area (Å²) in [5.74, 6) is -0.459. The number of hydrogen-bond acceptors (Lipinski definition) is 9. The minimum absolute atomic E-state index is 0.0352. The molecular formula is C18H30O9P2. The second kappa shape index (κ2) is 12.6. The molecule has 0 amide bonds. The van der Waals surface area contributed by atoms with Crippen LogP contribution >= 0.6 is 15.4 Å². The summed E-state index contributed by atoms with van der Waals surface area (Å²) in [5.41, 5.74) is 0.167. The molecule has 9 nitrogen and oxygen atoms in total. The Morgan fingerprint density at radius 2 is 1.59 bits per heavy atom. The number of Topliss-reactive ketones (excluding diaryl/α,β-unsaturated/α-hetero) is 1. The smallest absolute Gasteiger partial charge is 0.475 e. The minimum atomic E-state index is -3.89. The second-order valence-electron chi connectivity index (χ2n) is 5.97. The number of carbonyl (C=O) groups is 1. The summed E-state index contributed by atoms with van der Waals surface area (Å²) in [4.78, 5) is 12.4. The minimum Gasteiger partial charge on any atom is -0.507 e. The van der Waals surface area contributed by atoms with Gasteiger partial charge in [-0.25, -0.2) is 4.57 Å². The van der Waals surface area contributed by atoms with Crippen LogP contribution in [0.5, 0.6) is 5.75 Å². The number of ketones is 1. The Morgan fingerprint density at radius 3 is 2.14 bits per heavy atom. The highest BCUT2D eigenvalue weighted by Crippen LogP contribution is 2.52. The van der Waals surface area contributed by atoms with Gasteiger partial charge < -0.3 is 14.2 Å². The number of carbonyl (C=O) groups excluding carboxylic acids is 1. The zero-order valence-electron chi connectivity index (χ0n) is 17.2. The predicted molar refractivity (Wildman–Crippen MR) is 109 cm³/mol. The standard InChI is InChI=1S/C18H30O9P2/c1-5-23-28(4,21)26-14-15(27-29(22,24-6-2)25-7-3)12-13-18(20)16-10-8-9-11-17(16)19/h8-11,15,19H,5-7,12-14H2,1-4H3. The van der Waals surface area contributed by atoms with Crippen molar-refractivity contribution in [3.05, 3.63) is 29.8 Å². The lowest BCUT2D eigenvalue weighted by molar-refractivity contribution is 0.0473. The Morgan fingerprint density at radius 1 is 1.00 bits per heavy atom. The monoisotopic (exact) mass is 452 g/mol. The Bertz CT molecular complexity index is 728. The Labute approximate surface area is 171 Å². The van der Waals surface area contributed by atoms with E-state index in [4.69, 9.17) is 22.6 Å². The molecule has 0 radical (unpaired) electrons. The molecule has 0 aliphatic heterocycles. The van der Waals surface area contributed by atoms with E-state index in [1.807, 2.05) is 0 Å². The van der Waals surface area contributed by atoms with E-state index in [0.717, 1.165) is 0 Å². The number of phenolic OH excluding ortho intramolecular Hbond substituents is 1. The number of phosphoric ester groups is 1. The highest BCUT2D eigenvalue weighted by Gasteiger charge is 2.32. The van der Waals surface area contributed by atoms with Crippen LogP contribution in [0.15, 0.2) is 24.3 Å². The van der Waals surface area contributed by atoms with Gasteiger partial charge in [-0.3, -0.25) is 22.9 Å². The third-order valence-electron chi connectivity index (χ3n) is 3.61. The summed E-state index contributed by atoms with van der Waals surface area (Å²) in [6.45, 7) is 6.39. The van der Waals surface area contributed by atoms with Crippen molar-refractivity contribution < 1.29 is 41.6 Å². The zero-order valence-corrected chi connectivity index (χ0v) is 19.0. The summed E-state index contributed by atoms with van der Waals surface area (Å²) in [5, 5.41) is 9.83. The average Bonchev–Trinajstić information content (AvgIpc) is 2.64. The van der Waals surface area contributed by atoms with Crippen molar-refractivity contribution in [2.24, 2.45) is 0 Å². The van der Waals surface area contributed by atoms with Gasteiger partial charge in [0.05, 0.1) is 38.1 Å². The fourth-order valence-corrected chi connectivity index (χ4v) is 4.73. The molecule has 0 saturated carbocycles. The molecule has 11 heteroatoms. The van der Waals surface area contributed by atoms with Crippen LogP contribution in [0.25, 0.3) is 0 Å². The molecule has 2 atom stereocenters.